The van der Waals surface area contributed by atoms with Gasteiger partial charge in [0.05, 0.1) is 16.6 Å². The van der Waals surface area contributed by atoms with E-state index in [2.05, 4.69) is 16.0 Å². The minimum Gasteiger partial charge on any atom is -0.382 e. The second-order valence-electron chi connectivity index (χ2n) is 7.74. The molecule has 28 heavy (non-hydrogen) atoms. The maximum absolute atomic E-state index is 13.1. The predicted octanol–water partition coefficient (Wildman–Crippen LogP) is 1.91. The fraction of sp³-hybridized carbons (Fsp3) is 0.217. The highest BCUT2D eigenvalue weighted by Crippen LogP contribution is 2.22. The molecule has 0 bridgehead atoms. The summed E-state index contributed by atoms with van der Waals surface area (Å²) < 4.78 is 0. The van der Waals surface area contributed by atoms with Gasteiger partial charge in [-0.1, -0.05) is 12.2 Å². The van der Waals surface area contributed by atoms with E-state index in [1.165, 1.54) is 0 Å². The summed E-state index contributed by atoms with van der Waals surface area (Å²) in [5.41, 5.74) is 1.13. The molecule has 5 heteroatoms. The van der Waals surface area contributed by atoms with Crippen molar-refractivity contribution in [2.45, 2.75) is 31.8 Å². The van der Waals surface area contributed by atoms with Gasteiger partial charge in [-0.05, 0) is 62.6 Å². The molecule has 0 radical (unpaired) electrons. The van der Waals surface area contributed by atoms with Gasteiger partial charge in [0.25, 0.3) is 0 Å². The standard InChI is InChI=1S/C23H20N2O3/c1-23(28)9-7-14-18(8-10-23)25-20-11-15-19(12-16(20)22(14)27)24-17-6-4-2-3-5-13(17)21(15)26/h5-12,24,28H,2-4H2,1H3,(H,25,27). The molecular formula is C23H20N2O3. The average Bonchev–Trinajstić information content (AvgIpc) is 2.98. The van der Waals surface area contributed by atoms with E-state index in [1.54, 1.807) is 43.4 Å². The first-order chi connectivity index (χ1) is 13.4. The number of fused-ring (bicyclic) bond motifs is 4. The third-order valence-corrected chi connectivity index (χ3v) is 5.54. The van der Waals surface area contributed by atoms with Crippen LogP contribution in [-0.2, 0) is 0 Å². The third kappa shape index (κ3) is 2.59. The lowest BCUT2D eigenvalue weighted by Crippen LogP contribution is -2.40. The van der Waals surface area contributed by atoms with Crippen LogP contribution in [0.5, 0.6) is 0 Å². The summed E-state index contributed by atoms with van der Waals surface area (Å²) in [5, 5.41) is 12.9. The van der Waals surface area contributed by atoms with Crippen LogP contribution in [0.15, 0.2) is 33.9 Å². The van der Waals surface area contributed by atoms with Crippen LogP contribution in [0.4, 0.5) is 0 Å². The number of hydrogen-bond donors (Lipinski definition) is 3. The van der Waals surface area contributed by atoms with Gasteiger partial charge in [0.15, 0.2) is 10.9 Å². The first kappa shape index (κ1) is 17.0. The van der Waals surface area contributed by atoms with Gasteiger partial charge in [-0.2, -0.15) is 0 Å². The second kappa shape index (κ2) is 5.91. The van der Waals surface area contributed by atoms with Crippen LogP contribution in [0.25, 0.3) is 46.1 Å². The lowest BCUT2D eigenvalue weighted by Gasteiger charge is -2.10. The molecule has 0 amide bonds. The lowest BCUT2D eigenvalue weighted by atomic mass is 10.0. The zero-order valence-corrected chi connectivity index (χ0v) is 15.5. The fourth-order valence-corrected chi connectivity index (χ4v) is 3.97. The molecule has 5 nitrogen and oxygen atoms in total. The monoisotopic (exact) mass is 372 g/mol. The van der Waals surface area contributed by atoms with E-state index < -0.39 is 5.60 Å². The number of aliphatic hydroxyl groups is 1. The first-order valence-corrected chi connectivity index (χ1v) is 9.50. The summed E-state index contributed by atoms with van der Waals surface area (Å²) in [6.45, 7) is 1.66. The van der Waals surface area contributed by atoms with Crippen LogP contribution in [0.1, 0.15) is 37.4 Å². The summed E-state index contributed by atoms with van der Waals surface area (Å²) in [4.78, 5) is 32.8. The number of H-pyrrole nitrogens is 2. The summed E-state index contributed by atoms with van der Waals surface area (Å²) in [6.07, 6.45) is 13.5. The van der Waals surface area contributed by atoms with E-state index in [1.807, 2.05) is 6.08 Å². The number of pyridine rings is 2. The quantitative estimate of drug-likeness (QED) is 0.527. The van der Waals surface area contributed by atoms with Crippen molar-refractivity contribution in [3.8, 4) is 0 Å². The Balaban J connectivity index is 1.90. The van der Waals surface area contributed by atoms with E-state index >= 15 is 0 Å². The zero-order chi connectivity index (χ0) is 19.5. The summed E-state index contributed by atoms with van der Waals surface area (Å²) in [7, 11) is 0. The molecule has 0 aliphatic heterocycles. The van der Waals surface area contributed by atoms with Crippen LogP contribution in [0.3, 0.4) is 0 Å². The molecule has 0 saturated carbocycles. The Kier molecular flexibility index (Phi) is 3.58. The number of aromatic nitrogens is 2. The largest absolute Gasteiger partial charge is 0.382 e. The molecule has 2 aromatic heterocycles. The van der Waals surface area contributed by atoms with Crippen molar-refractivity contribution in [3.05, 3.63) is 66.6 Å². The maximum Gasteiger partial charge on any atom is 0.197 e. The Morgan fingerprint density at radius 3 is 2.43 bits per heavy atom. The molecule has 0 saturated heterocycles. The van der Waals surface area contributed by atoms with Crippen LogP contribution < -0.4 is 21.4 Å². The summed E-state index contributed by atoms with van der Waals surface area (Å²) in [6, 6.07) is 3.51. The van der Waals surface area contributed by atoms with Crippen LogP contribution >= 0.6 is 0 Å². The van der Waals surface area contributed by atoms with Gasteiger partial charge in [-0.25, -0.2) is 0 Å². The van der Waals surface area contributed by atoms with Crippen molar-refractivity contribution >= 4 is 46.1 Å². The number of rotatable bonds is 0. The average molecular weight is 372 g/mol. The molecule has 1 aromatic carbocycles. The highest BCUT2D eigenvalue weighted by Gasteiger charge is 2.18. The van der Waals surface area contributed by atoms with E-state index in [4.69, 9.17) is 0 Å². The van der Waals surface area contributed by atoms with E-state index in [9.17, 15) is 14.7 Å². The number of benzene rings is 1. The molecular weight excluding hydrogens is 352 g/mol. The summed E-state index contributed by atoms with van der Waals surface area (Å²) >= 11 is 0. The minimum atomic E-state index is -1.12. The molecule has 1 atom stereocenters. The number of nitrogens with one attached hydrogen (secondary N) is 2. The van der Waals surface area contributed by atoms with Gasteiger partial charge in [-0.15, -0.1) is 0 Å². The molecule has 3 aromatic rings. The molecule has 0 fully saturated rings. The number of hydrogen-bond acceptors (Lipinski definition) is 3. The van der Waals surface area contributed by atoms with Crippen molar-refractivity contribution in [1.82, 2.24) is 9.97 Å². The first-order valence-electron chi connectivity index (χ1n) is 9.50. The Hall–Kier alpha value is -3.18. The maximum atomic E-state index is 13.1. The van der Waals surface area contributed by atoms with Crippen molar-refractivity contribution < 1.29 is 5.11 Å². The Morgan fingerprint density at radius 1 is 0.929 bits per heavy atom. The SMILES string of the molecule is CC1(O)C=Cc2[nH]c3cc4c(=O)c5c([nH]c4cc3c(=O)c2C=C1)=CCCCC=5. The van der Waals surface area contributed by atoms with Crippen molar-refractivity contribution in [3.63, 3.8) is 0 Å². The van der Waals surface area contributed by atoms with Gasteiger partial charge in [-0.3, -0.25) is 9.59 Å². The molecule has 1 unspecified atom stereocenters. The molecule has 3 N–H and O–H groups in total. The highest BCUT2D eigenvalue weighted by molar-refractivity contribution is 5.96. The topological polar surface area (TPSA) is 85.9 Å². The highest BCUT2D eigenvalue weighted by atomic mass is 16.3. The molecule has 140 valence electrons. The Bertz CT molecular complexity index is 1450. The van der Waals surface area contributed by atoms with Crippen LogP contribution in [0, 0.1) is 0 Å². The van der Waals surface area contributed by atoms with E-state index in [-0.39, 0.29) is 10.9 Å². The molecule has 2 aliphatic rings. The Labute approximate surface area is 160 Å². The van der Waals surface area contributed by atoms with Gasteiger partial charge >= 0.3 is 0 Å². The molecule has 2 heterocycles. The fourth-order valence-electron chi connectivity index (χ4n) is 3.97. The molecule has 0 spiro atoms. The predicted molar refractivity (Wildman–Crippen MR) is 113 cm³/mol. The van der Waals surface area contributed by atoms with Gasteiger partial charge in [0.1, 0.15) is 0 Å². The third-order valence-electron chi connectivity index (χ3n) is 5.54. The lowest BCUT2D eigenvalue weighted by molar-refractivity contribution is 0.166. The smallest absolute Gasteiger partial charge is 0.197 e. The Morgan fingerprint density at radius 2 is 1.61 bits per heavy atom. The number of aromatic amines is 2. The minimum absolute atomic E-state index is 0.0158. The second-order valence-corrected chi connectivity index (χ2v) is 7.74. The van der Waals surface area contributed by atoms with Gasteiger partial charge < -0.3 is 15.1 Å². The molecule has 5 rings (SSSR count). The van der Waals surface area contributed by atoms with Crippen molar-refractivity contribution in [2.24, 2.45) is 0 Å². The summed E-state index contributed by atoms with van der Waals surface area (Å²) in [5.74, 6) is 0. The zero-order valence-electron chi connectivity index (χ0n) is 15.5. The molecule has 2 aliphatic carbocycles. The van der Waals surface area contributed by atoms with Gasteiger partial charge in [0, 0.05) is 32.6 Å². The normalized spacial score (nSPS) is 20.8. The van der Waals surface area contributed by atoms with Crippen LogP contribution in [0.2, 0.25) is 0 Å². The van der Waals surface area contributed by atoms with E-state index in [0.29, 0.717) is 38.3 Å². The van der Waals surface area contributed by atoms with Gasteiger partial charge in [0.2, 0.25) is 0 Å². The van der Waals surface area contributed by atoms with E-state index in [0.717, 1.165) is 24.6 Å². The van der Waals surface area contributed by atoms with Crippen molar-refractivity contribution in [1.29, 1.82) is 0 Å². The van der Waals surface area contributed by atoms with Crippen molar-refractivity contribution in [2.75, 3.05) is 0 Å². The van der Waals surface area contributed by atoms with Crippen LogP contribution in [-0.4, -0.2) is 20.7 Å².